The molecule has 0 bridgehead atoms. The summed E-state index contributed by atoms with van der Waals surface area (Å²) in [5, 5.41) is 21.8. The van der Waals surface area contributed by atoms with Crippen molar-refractivity contribution in [1.29, 1.82) is 5.26 Å². The van der Waals surface area contributed by atoms with Gasteiger partial charge in [0.25, 0.3) is 0 Å². The number of nitrogens with one attached hydrogen (secondary N) is 1. The lowest BCUT2D eigenvalue weighted by Crippen LogP contribution is -2.17. The average molecular weight is 318 g/mol. The van der Waals surface area contributed by atoms with E-state index in [-0.39, 0.29) is 6.61 Å². The number of hydrogen-bond acceptors (Lipinski definition) is 5. The molecule has 120 valence electrons. The maximum absolute atomic E-state index is 9.02. The summed E-state index contributed by atoms with van der Waals surface area (Å²) >= 11 is 0. The van der Waals surface area contributed by atoms with E-state index in [1.807, 2.05) is 18.2 Å². The molecule has 0 unspecified atom stereocenters. The summed E-state index contributed by atoms with van der Waals surface area (Å²) in [6, 6.07) is 16.2. The van der Waals surface area contributed by atoms with Crippen LogP contribution in [0.5, 0.6) is 0 Å². The van der Waals surface area contributed by atoms with Crippen LogP contribution in [0.15, 0.2) is 48.7 Å². The van der Waals surface area contributed by atoms with Crippen LogP contribution in [0.4, 0.5) is 5.69 Å². The molecule has 3 rings (SSSR count). The van der Waals surface area contributed by atoms with Gasteiger partial charge in [-0.15, -0.1) is 0 Å². The number of nitrogen functional groups attached to an aromatic ring is 1. The Morgan fingerprint density at radius 1 is 1.12 bits per heavy atom. The molecule has 1 aromatic heterocycles. The molecule has 0 atom stereocenters. The minimum absolute atomic E-state index is 0.138. The molecule has 0 saturated carbocycles. The number of fused-ring (bicyclic) bond motifs is 1. The van der Waals surface area contributed by atoms with E-state index < -0.39 is 0 Å². The normalized spacial score (nSPS) is 10.7. The standard InChI is InChI=1S/C19H18N4O/c20-10-16-12-23-18-9-15(5-6-17(18)19(16)21)14-3-1-13(2-4-14)11-22-7-8-24/h1-6,9,12,22,24H,7-8,11H2,(H2,21,23). The Hall–Kier alpha value is -2.94. The van der Waals surface area contributed by atoms with Gasteiger partial charge in [-0.1, -0.05) is 36.4 Å². The molecule has 0 aliphatic rings. The minimum Gasteiger partial charge on any atom is -0.397 e. The highest BCUT2D eigenvalue weighted by molar-refractivity contribution is 5.95. The molecule has 4 N–H and O–H groups in total. The average Bonchev–Trinajstić information content (AvgIpc) is 2.63. The second-order valence-corrected chi connectivity index (χ2v) is 5.53. The Balaban J connectivity index is 1.88. The number of benzene rings is 2. The summed E-state index contributed by atoms with van der Waals surface area (Å²) < 4.78 is 0. The highest BCUT2D eigenvalue weighted by Crippen LogP contribution is 2.28. The molecule has 0 aliphatic carbocycles. The fourth-order valence-electron chi connectivity index (χ4n) is 2.61. The molecular formula is C19H18N4O. The Bertz CT molecular complexity index is 898. The van der Waals surface area contributed by atoms with Crippen LogP contribution in [0.3, 0.4) is 0 Å². The topological polar surface area (TPSA) is 95.0 Å². The van der Waals surface area contributed by atoms with Gasteiger partial charge in [0.15, 0.2) is 0 Å². The second-order valence-electron chi connectivity index (χ2n) is 5.53. The van der Waals surface area contributed by atoms with Crippen LogP contribution in [0.25, 0.3) is 22.0 Å². The van der Waals surface area contributed by atoms with E-state index in [0.717, 1.165) is 34.1 Å². The van der Waals surface area contributed by atoms with Crippen LogP contribution < -0.4 is 11.1 Å². The van der Waals surface area contributed by atoms with Crippen molar-refractivity contribution < 1.29 is 5.11 Å². The van der Waals surface area contributed by atoms with E-state index in [1.54, 1.807) is 0 Å². The van der Waals surface area contributed by atoms with Gasteiger partial charge in [-0.2, -0.15) is 5.26 Å². The van der Waals surface area contributed by atoms with Crippen LogP contribution >= 0.6 is 0 Å². The molecule has 0 radical (unpaired) electrons. The zero-order valence-electron chi connectivity index (χ0n) is 13.2. The van der Waals surface area contributed by atoms with Gasteiger partial charge in [-0.05, 0) is 22.8 Å². The molecule has 0 spiro atoms. The van der Waals surface area contributed by atoms with Crippen molar-refractivity contribution >= 4 is 16.6 Å². The SMILES string of the molecule is N#Cc1cnc2cc(-c3ccc(CNCCO)cc3)ccc2c1N. The third-order valence-electron chi connectivity index (χ3n) is 3.94. The van der Waals surface area contributed by atoms with Gasteiger partial charge in [0.05, 0.1) is 23.4 Å². The summed E-state index contributed by atoms with van der Waals surface area (Å²) in [5.74, 6) is 0. The van der Waals surface area contributed by atoms with E-state index in [4.69, 9.17) is 16.1 Å². The molecule has 0 aliphatic heterocycles. The van der Waals surface area contributed by atoms with E-state index in [1.165, 1.54) is 6.20 Å². The molecule has 1 heterocycles. The van der Waals surface area contributed by atoms with Gasteiger partial charge in [0.2, 0.25) is 0 Å². The summed E-state index contributed by atoms with van der Waals surface area (Å²) in [5.41, 5.74) is 11.0. The lowest BCUT2D eigenvalue weighted by Gasteiger charge is -2.08. The molecule has 5 nitrogen and oxygen atoms in total. The predicted octanol–water partition coefficient (Wildman–Crippen LogP) is 2.44. The number of rotatable bonds is 5. The molecule has 0 fully saturated rings. The van der Waals surface area contributed by atoms with Crippen LogP contribution in [-0.2, 0) is 6.54 Å². The quantitative estimate of drug-likeness (QED) is 0.628. The van der Waals surface area contributed by atoms with Crippen molar-refractivity contribution in [1.82, 2.24) is 10.3 Å². The fraction of sp³-hybridized carbons (Fsp3) is 0.158. The Morgan fingerprint density at radius 3 is 2.58 bits per heavy atom. The first-order valence-electron chi connectivity index (χ1n) is 7.72. The molecule has 5 heteroatoms. The molecule has 24 heavy (non-hydrogen) atoms. The molecule has 0 amide bonds. The Morgan fingerprint density at radius 2 is 1.88 bits per heavy atom. The van der Waals surface area contributed by atoms with Crippen LogP contribution in [0, 0.1) is 11.3 Å². The van der Waals surface area contributed by atoms with E-state index in [0.29, 0.717) is 17.8 Å². The summed E-state index contributed by atoms with van der Waals surface area (Å²) in [7, 11) is 0. The largest absolute Gasteiger partial charge is 0.397 e. The first kappa shape index (κ1) is 15.9. The number of hydrogen-bond donors (Lipinski definition) is 3. The van der Waals surface area contributed by atoms with Gasteiger partial charge >= 0.3 is 0 Å². The lowest BCUT2D eigenvalue weighted by atomic mass is 10.0. The van der Waals surface area contributed by atoms with Gasteiger partial charge in [0, 0.05) is 24.7 Å². The third kappa shape index (κ3) is 3.20. The Kier molecular flexibility index (Phi) is 4.71. The van der Waals surface area contributed by atoms with Crippen LogP contribution in [0.2, 0.25) is 0 Å². The van der Waals surface area contributed by atoms with Crippen molar-refractivity contribution in [2.75, 3.05) is 18.9 Å². The van der Waals surface area contributed by atoms with Crippen LogP contribution in [-0.4, -0.2) is 23.2 Å². The summed E-state index contributed by atoms with van der Waals surface area (Å²) in [6.07, 6.45) is 1.51. The van der Waals surface area contributed by atoms with E-state index >= 15 is 0 Å². The van der Waals surface area contributed by atoms with E-state index in [2.05, 4.69) is 40.6 Å². The number of aromatic nitrogens is 1. The van der Waals surface area contributed by atoms with Crippen molar-refractivity contribution in [3.63, 3.8) is 0 Å². The van der Waals surface area contributed by atoms with Crippen molar-refractivity contribution in [2.45, 2.75) is 6.54 Å². The maximum atomic E-state index is 9.02. The number of anilines is 1. The number of aliphatic hydroxyl groups excluding tert-OH is 1. The fourth-order valence-corrected chi connectivity index (χ4v) is 2.61. The summed E-state index contributed by atoms with van der Waals surface area (Å²) in [4.78, 5) is 4.33. The molecule has 0 saturated heterocycles. The van der Waals surface area contributed by atoms with Gasteiger partial charge in [-0.3, -0.25) is 4.98 Å². The number of nitriles is 1. The zero-order valence-corrected chi connectivity index (χ0v) is 13.2. The highest BCUT2D eigenvalue weighted by Gasteiger charge is 2.07. The molecule has 2 aromatic carbocycles. The highest BCUT2D eigenvalue weighted by atomic mass is 16.3. The van der Waals surface area contributed by atoms with Gasteiger partial charge < -0.3 is 16.2 Å². The predicted molar refractivity (Wildman–Crippen MR) is 95.1 cm³/mol. The lowest BCUT2D eigenvalue weighted by molar-refractivity contribution is 0.292. The number of nitrogens with two attached hydrogens (primary N) is 1. The smallest absolute Gasteiger partial charge is 0.103 e. The minimum atomic E-state index is 0.138. The molecule has 3 aromatic rings. The number of pyridine rings is 1. The first-order valence-corrected chi connectivity index (χ1v) is 7.72. The Labute approximate surface area is 140 Å². The first-order chi connectivity index (χ1) is 11.7. The number of nitrogens with zero attached hydrogens (tertiary/aromatic N) is 2. The monoisotopic (exact) mass is 318 g/mol. The zero-order chi connectivity index (χ0) is 16.9. The van der Waals surface area contributed by atoms with Crippen molar-refractivity contribution in [3.8, 4) is 17.2 Å². The van der Waals surface area contributed by atoms with Crippen LogP contribution in [0.1, 0.15) is 11.1 Å². The second kappa shape index (κ2) is 7.09. The van der Waals surface area contributed by atoms with Gasteiger partial charge in [-0.25, -0.2) is 0 Å². The van der Waals surface area contributed by atoms with E-state index in [9.17, 15) is 0 Å². The third-order valence-corrected chi connectivity index (χ3v) is 3.94. The van der Waals surface area contributed by atoms with Crippen molar-refractivity contribution in [2.24, 2.45) is 0 Å². The summed E-state index contributed by atoms with van der Waals surface area (Å²) in [6.45, 7) is 1.45. The number of aliphatic hydroxyl groups is 1. The van der Waals surface area contributed by atoms with Gasteiger partial charge in [0.1, 0.15) is 6.07 Å². The van der Waals surface area contributed by atoms with Crippen molar-refractivity contribution in [3.05, 3.63) is 59.8 Å². The maximum Gasteiger partial charge on any atom is 0.103 e. The molecular weight excluding hydrogens is 300 g/mol.